The summed E-state index contributed by atoms with van der Waals surface area (Å²) in [5, 5.41) is 3.04. The van der Waals surface area contributed by atoms with E-state index in [0.29, 0.717) is 16.8 Å². The van der Waals surface area contributed by atoms with Gasteiger partial charge in [-0.05, 0) is 37.6 Å². The third-order valence-electron chi connectivity index (χ3n) is 5.10. The molecule has 0 aliphatic rings. The average molecular weight is 473 g/mol. The maximum atomic E-state index is 13.8. The van der Waals surface area contributed by atoms with Crippen LogP contribution >= 0.6 is 0 Å². The van der Waals surface area contributed by atoms with Crippen LogP contribution in [0.15, 0.2) is 70.3 Å². The molecular formula is C23H19F4N5O2. The van der Waals surface area contributed by atoms with Crippen LogP contribution in [0.3, 0.4) is 0 Å². The summed E-state index contributed by atoms with van der Waals surface area (Å²) in [6.07, 6.45) is -1.94. The highest BCUT2D eigenvalue weighted by Crippen LogP contribution is 2.32. The lowest BCUT2D eigenvalue weighted by atomic mass is 10.0. The number of nitrogens with zero attached hydrogens (tertiary/aromatic N) is 4. The van der Waals surface area contributed by atoms with E-state index in [1.165, 1.54) is 31.5 Å². The van der Waals surface area contributed by atoms with Crippen LogP contribution in [0.4, 0.5) is 23.5 Å². The molecule has 176 valence electrons. The monoisotopic (exact) mass is 473 g/mol. The summed E-state index contributed by atoms with van der Waals surface area (Å²) < 4.78 is 58.6. The van der Waals surface area contributed by atoms with Crippen LogP contribution in [-0.2, 0) is 6.18 Å². The number of alkyl halides is 4. The summed E-state index contributed by atoms with van der Waals surface area (Å²) in [6.45, 7) is 3.07. The minimum Gasteiger partial charge on any atom is -0.416 e. The summed E-state index contributed by atoms with van der Waals surface area (Å²) >= 11 is 0. The van der Waals surface area contributed by atoms with Gasteiger partial charge >= 0.3 is 11.9 Å². The molecule has 0 saturated heterocycles. The van der Waals surface area contributed by atoms with Gasteiger partial charge in [0.05, 0.1) is 17.3 Å². The van der Waals surface area contributed by atoms with Crippen LogP contribution in [0.25, 0.3) is 16.9 Å². The van der Waals surface area contributed by atoms with Gasteiger partial charge in [-0.25, -0.2) is 18.7 Å². The Morgan fingerprint density at radius 3 is 2.53 bits per heavy atom. The van der Waals surface area contributed by atoms with Crippen molar-refractivity contribution in [1.29, 1.82) is 0 Å². The number of halogens is 4. The smallest absolute Gasteiger partial charge is 0.416 e. The minimum atomic E-state index is -4.43. The van der Waals surface area contributed by atoms with Crippen LogP contribution in [0.2, 0.25) is 0 Å². The number of oxazole rings is 1. The van der Waals surface area contributed by atoms with E-state index in [2.05, 4.69) is 20.3 Å². The van der Waals surface area contributed by atoms with Crippen molar-refractivity contribution in [3.05, 3.63) is 88.6 Å². The van der Waals surface area contributed by atoms with E-state index in [0.717, 1.165) is 23.0 Å². The van der Waals surface area contributed by atoms with E-state index >= 15 is 0 Å². The molecule has 2 atom stereocenters. The highest BCUT2D eigenvalue weighted by molar-refractivity contribution is 5.63. The predicted octanol–water partition coefficient (Wildman–Crippen LogP) is 5.50. The fourth-order valence-corrected chi connectivity index (χ4v) is 3.34. The van der Waals surface area contributed by atoms with Gasteiger partial charge in [-0.3, -0.25) is 4.98 Å². The Kier molecular flexibility index (Phi) is 6.18. The Balaban J connectivity index is 1.53. The molecule has 0 spiro atoms. The highest BCUT2D eigenvalue weighted by atomic mass is 19.4. The number of aromatic nitrogens is 4. The molecule has 4 aromatic rings. The Morgan fingerprint density at radius 1 is 1.06 bits per heavy atom. The lowest BCUT2D eigenvalue weighted by molar-refractivity contribution is -0.137. The van der Waals surface area contributed by atoms with Crippen molar-refractivity contribution in [2.24, 2.45) is 0 Å². The molecular weight excluding hydrogens is 454 g/mol. The molecule has 1 aromatic carbocycles. The maximum absolute atomic E-state index is 13.8. The van der Waals surface area contributed by atoms with Gasteiger partial charge in [-0.2, -0.15) is 18.2 Å². The van der Waals surface area contributed by atoms with E-state index in [1.54, 1.807) is 25.1 Å². The van der Waals surface area contributed by atoms with Gasteiger partial charge in [0.15, 0.2) is 0 Å². The lowest BCUT2D eigenvalue weighted by Gasteiger charge is -2.15. The second kappa shape index (κ2) is 9.08. The normalized spacial score (nSPS) is 13.5. The molecule has 3 heterocycles. The highest BCUT2D eigenvalue weighted by Gasteiger charge is 2.30. The third-order valence-corrected chi connectivity index (χ3v) is 5.10. The largest absolute Gasteiger partial charge is 0.425 e. The molecule has 0 unspecified atom stereocenters. The zero-order valence-electron chi connectivity index (χ0n) is 18.0. The number of hydrogen-bond donors (Lipinski definition) is 1. The summed E-state index contributed by atoms with van der Waals surface area (Å²) in [4.78, 5) is 24.7. The van der Waals surface area contributed by atoms with E-state index in [9.17, 15) is 22.4 Å². The molecule has 0 aliphatic carbocycles. The van der Waals surface area contributed by atoms with Gasteiger partial charge in [-0.15, -0.1) is 0 Å². The standard InChI is InChI=1S/C23H19F4N5O2/c1-13(24)19-12-34-22(33)32(19)20-8-9-28-21(31-20)30-14(2)18-7-6-16(11-29-18)15-4-3-5-17(10-15)23(25,26)27/h3-14H,1-2H3,(H,28,30,31)/t13-,14-/m0/s1. The zero-order valence-corrected chi connectivity index (χ0v) is 18.0. The van der Waals surface area contributed by atoms with Gasteiger partial charge in [0.1, 0.15) is 23.9 Å². The molecule has 4 rings (SSSR count). The molecule has 0 aliphatic heterocycles. The fraction of sp³-hybridized carbons (Fsp3) is 0.217. The molecule has 11 heteroatoms. The fourth-order valence-electron chi connectivity index (χ4n) is 3.34. The molecule has 0 saturated carbocycles. The van der Waals surface area contributed by atoms with Crippen molar-refractivity contribution in [1.82, 2.24) is 19.5 Å². The predicted molar refractivity (Wildman–Crippen MR) is 116 cm³/mol. The number of benzene rings is 1. The van der Waals surface area contributed by atoms with Crippen molar-refractivity contribution < 1.29 is 22.0 Å². The van der Waals surface area contributed by atoms with Crippen LogP contribution in [0.5, 0.6) is 0 Å². The molecule has 7 nitrogen and oxygen atoms in total. The Bertz CT molecular complexity index is 1350. The third kappa shape index (κ3) is 4.82. The van der Waals surface area contributed by atoms with Crippen molar-refractivity contribution >= 4 is 5.95 Å². The lowest BCUT2D eigenvalue weighted by Crippen LogP contribution is -2.18. The first kappa shape index (κ1) is 23.1. The molecule has 1 N–H and O–H groups in total. The van der Waals surface area contributed by atoms with E-state index < -0.39 is 23.7 Å². The van der Waals surface area contributed by atoms with Crippen LogP contribution in [-0.4, -0.2) is 19.5 Å². The second-order valence-corrected chi connectivity index (χ2v) is 7.53. The van der Waals surface area contributed by atoms with E-state index in [4.69, 9.17) is 4.42 Å². The SMILES string of the molecule is C[C@H](F)c1coc(=O)n1-c1ccnc(N[C@@H](C)c2ccc(-c3cccc(C(F)(F)F)c3)cn2)n1. The molecule has 0 bridgehead atoms. The molecule has 0 fully saturated rings. The maximum Gasteiger partial charge on any atom is 0.425 e. The number of nitrogens with one attached hydrogen (secondary N) is 1. The second-order valence-electron chi connectivity index (χ2n) is 7.53. The quantitative estimate of drug-likeness (QED) is 0.372. The minimum absolute atomic E-state index is 0.0227. The number of pyridine rings is 1. The van der Waals surface area contributed by atoms with Crippen LogP contribution in [0, 0.1) is 0 Å². The van der Waals surface area contributed by atoms with Crippen LogP contribution < -0.4 is 11.1 Å². The molecule has 34 heavy (non-hydrogen) atoms. The number of rotatable bonds is 6. The van der Waals surface area contributed by atoms with Crippen molar-refractivity contribution in [2.45, 2.75) is 32.2 Å². The topological polar surface area (TPSA) is 85.8 Å². The van der Waals surface area contributed by atoms with Crippen LogP contribution in [0.1, 0.15) is 43.0 Å². The number of hydrogen-bond acceptors (Lipinski definition) is 6. The number of anilines is 1. The van der Waals surface area contributed by atoms with Crippen molar-refractivity contribution in [3.63, 3.8) is 0 Å². The van der Waals surface area contributed by atoms with Gasteiger partial charge in [0, 0.05) is 24.0 Å². The van der Waals surface area contributed by atoms with Crippen molar-refractivity contribution in [3.8, 4) is 16.9 Å². The summed E-state index contributed by atoms with van der Waals surface area (Å²) in [7, 11) is 0. The first-order chi connectivity index (χ1) is 16.1. The van der Waals surface area contributed by atoms with Gasteiger partial charge in [0.25, 0.3) is 0 Å². The zero-order chi connectivity index (χ0) is 24.5. The Labute approximate surface area is 191 Å². The van der Waals surface area contributed by atoms with E-state index in [1.807, 2.05) is 0 Å². The Hall–Kier alpha value is -4.02. The average Bonchev–Trinajstić information content (AvgIpc) is 3.20. The molecule has 0 radical (unpaired) electrons. The van der Waals surface area contributed by atoms with Gasteiger partial charge < -0.3 is 9.73 Å². The van der Waals surface area contributed by atoms with E-state index in [-0.39, 0.29) is 23.5 Å². The Morgan fingerprint density at radius 2 is 1.85 bits per heavy atom. The van der Waals surface area contributed by atoms with Gasteiger partial charge in [-0.1, -0.05) is 18.2 Å². The first-order valence-corrected chi connectivity index (χ1v) is 10.2. The first-order valence-electron chi connectivity index (χ1n) is 10.2. The molecule has 0 amide bonds. The van der Waals surface area contributed by atoms with Gasteiger partial charge in [0.2, 0.25) is 5.95 Å². The molecule has 3 aromatic heterocycles. The summed E-state index contributed by atoms with van der Waals surface area (Å²) in [5.74, 6) is -0.473. The summed E-state index contributed by atoms with van der Waals surface area (Å²) in [6, 6.07) is 9.43. The van der Waals surface area contributed by atoms with Crippen molar-refractivity contribution in [2.75, 3.05) is 5.32 Å². The summed E-state index contributed by atoms with van der Waals surface area (Å²) in [5.41, 5.74) is 0.808.